The van der Waals surface area contributed by atoms with Crippen molar-refractivity contribution < 1.29 is 22.7 Å². The van der Waals surface area contributed by atoms with E-state index in [1.54, 1.807) is 4.90 Å². The van der Waals surface area contributed by atoms with Crippen LogP contribution in [0.15, 0.2) is 53.4 Å². The first kappa shape index (κ1) is 30.1. The SMILES string of the molecule is COC(=O)N1CCc2c(sc(NC(=O)c3ccc(S(=O)(=O)N(CCC#N)CCC#N)cc3)c2-c2nc3ccccc3s2)C1. The number of fused-ring (bicyclic) bond motifs is 2. The Labute approximate surface area is 256 Å². The molecule has 0 spiro atoms. The number of nitriles is 2. The largest absolute Gasteiger partial charge is 0.453 e. The number of para-hydroxylation sites is 1. The van der Waals surface area contributed by atoms with Crippen LogP contribution in [0.3, 0.4) is 0 Å². The lowest BCUT2D eigenvalue weighted by atomic mass is 10.0. The van der Waals surface area contributed by atoms with Crippen molar-refractivity contribution in [3.8, 4) is 22.7 Å². The molecule has 0 saturated heterocycles. The van der Waals surface area contributed by atoms with Gasteiger partial charge >= 0.3 is 6.09 Å². The minimum Gasteiger partial charge on any atom is -0.453 e. The van der Waals surface area contributed by atoms with E-state index in [2.05, 4.69) is 5.32 Å². The van der Waals surface area contributed by atoms with Gasteiger partial charge in [-0.3, -0.25) is 4.79 Å². The first-order valence-corrected chi connectivity index (χ1v) is 16.3. The highest BCUT2D eigenvalue weighted by atomic mass is 32.2. The summed E-state index contributed by atoms with van der Waals surface area (Å²) in [5, 5.41) is 22.2. The number of rotatable bonds is 9. The molecule has 0 atom stereocenters. The van der Waals surface area contributed by atoms with Crippen molar-refractivity contribution >= 4 is 59.9 Å². The van der Waals surface area contributed by atoms with Crippen LogP contribution in [0.5, 0.6) is 0 Å². The van der Waals surface area contributed by atoms with Gasteiger partial charge in [-0.15, -0.1) is 22.7 Å². The summed E-state index contributed by atoms with van der Waals surface area (Å²) in [4.78, 5) is 33.0. The second kappa shape index (κ2) is 12.9. The molecular weight excluding hydrogens is 609 g/mol. The number of aromatic nitrogens is 1. The van der Waals surface area contributed by atoms with Gasteiger partial charge in [-0.2, -0.15) is 14.8 Å². The number of amides is 2. The summed E-state index contributed by atoms with van der Waals surface area (Å²) >= 11 is 2.90. The molecule has 2 aromatic carbocycles. The van der Waals surface area contributed by atoms with Gasteiger partial charge in [0.25, 0.3) is 5.91 Å². The molecule has 5 rings (SSSR count). The van der Waals surface area contributed by atoms with Crippen LogP contribution in [0.4, 0.5) is 9.80 Å². The number of hydrogen-bond donors (Lipinski definition) is 1. The number of anilines is 1. The molecule has 1 aliphatic rings. The molecule has 0 fully saturated rings. The van der Waals surface area contributed by atoms with E-state index < -0.39 is 22.0 Å². The summed E-state index contributed by atoms with van der Waals surface area (Å²) in [7, 11) is -2.62. The van der Waals surface area contributed by atoms with Gasteiger partial charge in [-0.05, 0) is 48.4 Å². The fourth-order valence-electron chi connectivity index (χ4n) is 4.79. The second-order valence-electron chi connectivity index (χ2n) is 9.54. The molecule has 3 heterocycles. The predicted octanol–water partition coefficient (Wildman–Crippen LogP) is 5.22. The number of nitrogens with zero attached hydrogens (tertiary/aromatic N) is 5. The van der Waals surface area contributed by atoms with Gasteiger partial charge in [0.05, 0.1) is 40.9 Å². The van der Waals surface area contributed by atoms with Gasteiger partial charge in [0.2, 0.25) is 10.0 Å². The number of carbonyl (C=O) groups is 2. The van der Waals surface area contributed by atoms with Crippen LogP contribution in [-0.2, 0) is 27.7 Å². The minimum absolute atomic E-state index is 0.00960. The quantitative estimate of drug-likeness (QED) is 0.263. The normalized spacial score (nSPS) is 12.9. The van der Waals surface area contributed by atoms with E-state index in [4.69, 9.17) is 20.2 Å². The molecule has 220 valence electrons. The minimum atomic E-state index is -3.97. The highest BCUT2D eigenvalue weighted by Crippen LogP contribution is 2.46. The molecule has 0 unspecified atom stereocenters. The number of nitrogens with one attached hydrogen (secondary N) is 1. The molecule has 2 amide bonds. The summed E-state index contributed by atoms with van der Waals surface area (Å²) in [6, 6.07) is 17.2. The lowest BCUT2D eigenvalue weighted by Crippen LogP contribution is -2.35. The van der Waals surface area contributed by atoms with Crippen LogP contribution in [0.2, 0.25) is 0 Å². The van der Waals surface area contributed by atoms with Crippen molar-refractivity contribution in [2.45, 2.75) is 30.7 Å². The zero-order valence-corrected chi connectivity index (χ0v) is 25.5. The van der Waals surface area contributed by atoms with Gasteiger partial charge < -0.3 is 15.0 Å². The average Bonchev–Trinajstić information content (AvgIpc) is 3.60. The van der Waals surface area contributed by atoms with Crippen LogP contribution in [0.25, 0.3) is 20.8 Å². The van der Waals surface area contributed by atoms with Crippen LogP contribution in [-0.4, -0.2) is 61.4 Å². The Balaban J connectivity index is 1.44. The maximum Gasteiger partial charge on any atom is 0.409 e. The maximum absolute atomic E-state index is 13.4. The highest BCUT2D eigenvalue weighted by molar-refractivity contribution is 7.89. The molecule has 1 aliphatic heterocycles. The van der Waals surface area contributed by atoms with Crippen molar-refractivity contribution in [3.63, 3.8) is 0 Å². The van der Waals surface area contributed by atoms with E-state index in [1.165, 1.54) is 54.0 Å². The monoisotopic (exact) mass is 634 g/mol. The number of thiophene rings is 1. The first-order chi connectivity index (χ1) is 20.8. The molecule has 0 saturated carbocycles. The van der Waals surface area contributed by atoms with E-state index in [0.29, 0.717) is 24.5 Å². The van der Waals surface area contributed by atoms with E-state index >= 15 is 0 Å². The van der Waals surface area contributed by atoms with E-state index in [-0.39, 0.29) is 36.4 Å². The molecule has 0 radical (unpaired) electrons. The van der Waals surface area contributed by atoms with Gasteiger partial charge in [0.15, 0.2) is 0 Å². The third-order valence-electron chi connectivity index (χ3n) is 6.92. The molecule has 2 aromatic heterocycles. The Morgan fingerprint density at radius 2 is 1.77 bits per heavy atom. The summed E-state index contributed by atoms with van der Waals surface area (Å²) < 4.78 is 33.4. The lowest BCUT2D eigenvalue weighted by Gasteiger charge is -2.25. The third kappa shape index (κ3) is 6.23. The van der Waals surface area contributed by atoms with Crippen LogP contribution in [0.1, 0.15) is 33.6 Å². The van der Waals surface area contributed by atoms with Gasteiger partial charge in [-0.1, -0.05) is 12.1 Å². The van der Waals surface area contributed by atoms with Gasteiger partial charge in [0, 0.05) is 48.5 Å². The van der Waals surface area contributed by atoms with E-state index in [0.717, 1.165) is 35.5 Å². The standard InChI is InChI=1S/C29H26N6O5S3/c1-40-29(37)34-17-12-21-24(18-34)42-28(25(21)27-32-22-6-2-3-7-23(22)41-27)33-26(36)19-8-10-20(11-9-19)43(38,39)35(15-4-13-30)16-5-14-31/h2-3,6-11H,4-5,12,15-18H2,1H3,(H,33,36). The number of methoxy groups -OCH3 is 1. The van der Waals surface area contributed by atoms with Crippen LogP contribution in [0, 0.1) is 22.7 Å². The third-order valence-corrected chi connectivity index (χ3v) is 11.0. The molecule has 1 N–H and O–H groups in total. The summed E-state index contributed by atoms with van der Waals surface area (Å²) in [6.45, 7) is 0.750. The summed E-state index contributed by atoms with van der Waals surface area (Å²) in [5.74, 6) is -0.430. The van der Waals surface area contributed by atoms with Gasteiger partial charge in [0.1, 0.15) is 10.0 Å². The van der Waals surface area contributed by atoms with E-state index in [1.807, 2.05) is 36.4 Å². The molecule has 0 bridgehead atoms. The Kier molecular flexibility index (Phi) is 9.03. The Morgan fingerprint density at radius 1 is 1.07 bits per heavy atom. The second-order valence-corrected chi connectivity index (χ2v) is 13.6. The number of hydrogen-bond acceptors (Lipinski definition) is 10. The van der Waals surface area contributed by atoms with Gasteiger partial charge in [-0.25, -0.2) is 18.2 Å². The fraction of sp³-hybridized carbons (Fsp3) is 0.276. The Hall–Kier alpha value is -4.34. The molecule has 14 heteroatoms. The number of thiazole rings is 1. The molecular formula is C29H26N6O5S3. The highest BCUT2D eigenvalue weighted by Gasteiger charge is 2.30. The molecule has 43 heavy (non-hydrogen) atoms. The van der Waals surface area contributed by atoms with Crippen molar-refractivity contribution in [2.75, 3.05) is 32.1 Å². The van der Waals surface area contributed by atoms with Crippen molar-refractivity contribution in [1.29, 1.82) is 10.5 Å². The summed E-state index contributed by atoms with van der Waals surface area (Å²) in [6.07, 6.45) is 0.136. The van der Waals surface area contributed by atoms with Crippen LogP contribution >= 0.6 is 22.7 Å². The molecule has 4 aromatic rings. The van der Waals surface area contributed by atoms with E-state index in [9.17, 15) is 18.0 Å². The zero-order chi connectivity index (χ0) is 30.6. The number of ether oxygens (including phenoxy) is 1. The predicted molar refractivity (Wildman–Crippen MR) is 163 cm³/mol. The summed E-state index contributed by atoms with van der Waals surface area (Å²) in [5.41, 5.74) is 2.94. The fourth-order valence-corrected chi connectivity index (χ4v) is 8.60. The average molecular weight is 635 g/mol. The number of benzene rings is 2. The van der Waals surface area contributed by atoms with Crippen molar-refractivity contribution in [2.24, 2.45) is 0 Å². The number of carbonyl (C=O) groups excluding carboxylic acids is 2. The maximum atomic E-state index is 13.4. The van der Waals surface area contributed by atoms with Crippen molar-refractivity contribution in [1.82, 2.24) is 14.2 Å². The smallest absolute Gasteiger partial charge is 0.409 e. The van der Waals surface area contributed by atoms with Crippen molar-refractivity contribution in [3.05, 3.63) is 64.5 Å². The van der Waals surface area contributed by atoms with Crippen LogP contribution < -0.4 is 5.32 Å². The topological polar surface area (TPSA) is 156 Å². The lowest BCUT2D eigenvalue weighted by molar-refractivity contribution is 0.102. The zero-order valence-electron chi connectivity index (χ0n) is 23.1. The first-order valence-electron chi connectivity index (χ1n) is 13.3. The molecule has 11 nitrogen and oxygen atoms in total. The molecule has 0 aliphatic carbocycles. The Morgan fingerprint density at radius 3 is 2.42 bits per heavy atom. The number of sulfonamides is 1. The Bertz CT molecular complexity index is 1820.